The second-order valence-electron chi connectivity index (χ2n) is 7.20. The number of rotatable bonds is 0. The predicted molar refractivity (Wildman–Crippen MR) is 80.9 cm³/mol. The molecule has 0 bridgehead atoms. The largest absolute Gasteiger partial charge is 0.143 e. The second-order valence-corrected chi connectivity index (χ2v) is 7.68. The molecule has 0 N–H and O–H groups in total. The summed E-state index contributed by atoms with van der Waals surface area (Å²) in [6.45, 7) is 9.44. The Balaban J connectivity index is 2.24. The monoisotopic (exact) mass is 260 g/mol. The molecule has 2 aliphatic carbocycles. The van der Waals surface area contributed by atoms with Crippen LogP contribution in [0, 0.1) is 5.92 Å². The summed E-state index contributed by atoms with van der Waals surface area (Å²) in [5, 5.41) is 0. The third-order valence-electron chi connectivity index (χ3n) is 5.11. The zero-order valence-electron chi connectivity index (χ0n) is 12.0. The number of thiol groups is 1. The minimum atomic E-state index is 0.253. The van der Waals surface area contributed by atoms with Crippen molar-refractivity contribution in [2.24, 2.45) is 5.92 Å². The van der Waals surface area contributed by atoms with Gasteiger partial charge in [-0.2, -0.15) is 0 Å². The average Bonchev–Trinajstić information content (AvgIpc) is 2.82. The van der Waals surface area contributed by atoms with Crippen molar-refractivity contribution in [2.75, 3.05) is 0 Å². The molecule has 0 aliphatic heterocycles. The van der Waals surface area contributed by atoms with E-state index in [1.165, 1.54) is 24.2 Å². The molecule has 1 aromatic rings. The molecule has 3 rings (SSSR count). The van der Waals surface area contributed by atoms with Crippen LogP contribution in [0.25, 0.3) is 0 Å². The average molecular weight is 260 g/mol. The zero-order chi connectivity index (χ0) is 13.1. The van der Waals surface area contributed by atoms with E-state index >= 15 is 0 Å². The zero-order valence-corrected chi connectivity index (χ0v) is 12.8. The Bertz CT molecular complexity index is 481. The lowest BCUT2D eigenvalue weighted by Gasteiger charge is -2.26. The summed E-state index contributed by atoms with van der Waals surface area (Å²) in [5.41, 5.74) is 5.06. The van der Waals surface area contributed by atoms with Crippen molar-refractivity contribution in [3.63, 3.8) is 0 Å². The standard InChI is InChI=1S/C17H24S/c1-10-11-6-5-7-12(11)16-13(17(2,3)4)8-9-14(18)15(10)16/h8-12,18H,5-7H2,1-4H3. The molecule has 3 unspecified atom stereocenters. The highest BCUT2D eigenvalue weighted by Gasteiger charge is 2.44. The molecule has 0 spiro atoms. The van der Waals surface area contributed by atoms with Crippen LogP contribution in [-0.4, -0.2) is 0 Å². The third-order valence-corrected chi connectivity index (χ3v) is 5.50. The van der Waals surface area contributed by atoms with Crippen LogP contribution in [0.1, 0.15) is 75.5 Å². The van der Waals surface area contributed by atoms with Gasteiger partial charge in [0.15, 0.2) is 0 Å². The second kappa shape index (κ2) is 4.03. The Morgan fingerprint density at radius 1 is 1.11 bits per heavy atom. The summed E-state index contributed by atoms with van der Waals surface area (Å²) < 4.78 is 0. The van der Waals surface area contributed by atoms with Crippen LogP contribution in [0.15, 0.2) is 17.0 Å². The molecule has 1 heteroatoms. The van der Waals surface area contributed by atoms with E-state index in [4.69, 9.17) is 12.6 Å². The summed E-state index contributed by atoms with van der Waals surface area (Å²) >= 11 is 4.73. The fraction of sp³-hybridized carbons (Fsp3) is 0.647. The molecule has 0 heterocycles. The topological polar surface area (TPSA) is 0 Å². The van der Waals surface area contributed by atoms with E-state index in [0.29, 0.717) is 5.92 Å². The lowest BCUT2D eigenvalue weighted by atomic mass is 9.79. The molecule has 18 heavy (non-hydrogen) atoms. The quantitative estimate of drug-likeness (QED) is 0.603. The molecule has 1 fully saturated rings. The summed E-state index contributed by atoms with van der Waals surface area (Å²) in [5.74, 6) is 2.41. The van der Waals surface area contributed by atoms with Gasteiger partial charge in [-0.15, -0.1) is 12.6 Å². The van der Waals surface area contributed by atoms with Gasteiger partial charge in [0, 0.05) is 4.90 Å². The highest BCUT2D eigenvalue weighted by molar-refractivity contribution is 7.80. The number of hydrogen-bond acceptors (Lipinski definition) is 1. The van der Waals surface area contributed by atoms with Crippen LogP contribution in [0.5, 0.6) is 0 Å². The van der Waals surface area contributed by atoms with E-state index in [2.05, 4.69) is 39.8 Å². The van der Waals surface area contributed by atoms with E-state index < -0.39 is 0 Å². The molecule has 0 amide bonds. The lowest BCUT2D eigenvalue weighted by molar-refractivity contribution is 0.452. The normalized spacial score (nSPS) is 30.4. The van der Waals surface area contributed by atoms with Crippen molar-refractivity contribution in [2.45, 2.75) is 69.1 Å². The van der Waals surface area contributed by atoms with E-state index in [1.54, 1.807) is 16.7 Å². The van der Waals surface area contributed by atoms with Crippen molar-refractivity contribution in [3.8, 4) is 0 Å². The maximum absolute atomic E-state index is 4.73. The first-order chi connectivity index (χ1) is 8.41. The molecular weight excluding hydrogens is 236 g/mol. The molecular formula is C17H24S. The Morgan fingerprint density at radius 3 is 2.50 bits per heavy atom. The minimum Gasteiger partial charge on any atom is -0.143 e. The lowest BCUT2D eigenvalue weighted by Crippen LogP contribution is -2.15. The summed E-state index contributed by atoms with van der Waals surface area (Å²) in [7, 11) is 0. The molecule has 98 valence electrons. The fourth-order valence-electron chi connectivity index (χ4n) is 4.32. The predicted octanol–water partition coefficient (Wildman–Crippen LogP) is 5.27. The highest BCUT2D eigenvalue weighted by atomic mass is 32.1. The summed E-state index contributed by atoms with van der Waals surface area (Å²) in [4.78, 5) is 1.22. The van der Waals surface area contributed by atoms with E-state index in [0.717, 1.165) is 11.8 Å². The molecule has 3 atom stereocenters. The van der Waals surface area contributed by atoms with Crippen molar-refractivity contribution in [3.05, 3.63) is 28.8 Å². The molecule has 0 saturated heterocycles. The van der Waals surface area contributed by atoms with Crippen LogP contribution < -0.4 is 0 Å². The van der Waals surface area contributed by atoms with Crippen LogP contribution in [0.2, 0.25) is 0 Å². The molecule has 1 aromatic carbocycles. The highest BCUT2D eigenvalue weighted by Crippen LogP contribution is 2.58. The molecule has 0 aromatic heterocycles. The maximum Gasteiger partial charge on any atom is 0.00779 e. The van der Waals surface area contributed by atoms with Gasteiger partial charge >= 0.3 is 0 Å². The first kappa shape index (κ1) is 12.6. The SMILES string of the molecule is CC1c2c(S)ccc(C(C)(C)C)c2C2CCCC12. The first-order valence-electron chi connectivity index (χ1n) is 7.27. The molecule has 0 nitrogen and oxygen atoms in total. The van der Waals surface area contributed by atoms with Crippen LogP contribution >= 0.6 is 12.6 Å². The van der Waals surface area contributed by atoms with Crippen LogP contribution in [0.3, 0.4) is 0 Å². The molecule has 1 saturated carbocycles. The summed E-state index contributed by atoms with van der Waals surface area (Å²) in [6, 6.07) is 4.55. The van der Waals surface area contributed by atoms with E-state index in [1.807, 2.05) is 0 Å². The van der Waals surface area contributed by atoms with Gasteiger partial charge in [0.25, 0.3) is 0 Å². The minimum absolute atomic E-state index is 0.253. The van der Waals surface area contributed by atoms with E-state index in [-0.39, 0.29) is 5.41 Å². The van der Waals surface area contributed by atoms with Crippen LogP contribution in [0.4, 0.5) is 0 Å². The van der Waals surface area contributed by atoms with Crippen molar-refractivity contribution >= 4 is 12.6 Å². The Kier molecular flexibility index (Phi) is 2.82. The van der Waals surface area contributed by atoms with Gasteiger partial charge in [0.05, 0.1) is 0 Å². The molecule has 2 aliphatic rings. The van der Waals surface area contributed by atoms with Gasteiger partial charge in [0.2, 0.25) is 0 Å². The first-order valence-corrected chi connectivity index (χ1v) is 7.72. The van der Waals surface area contributed by atoms with Crippen molar-refractivity contribution in [1.82, 2.24) is 0 Å². The van der Waals surface area contributed by atoms with E-state index in [9.17, 15) is 0 Å². The number of benzene rings is 1. The smallest absolute Gasteiger partial charge is 0.00779 e. The fourth-order valence-corrected chi connectivity index (χ4v) is 4.72. The van der Waals surface area contributed by atoms with Crippen LogP contribution in [-0.2, 0) is 5.41 Å². The van der Waals surface area contributed by atoms with Crippen molar-refractivity contribution < 1.29 is 0 Å². The maximum atomic E-state index is 4.73. The number of hydrogen-bond donors (Lipinski definition) is 1. The van der Waals surface area contributed by atoms with Gasteiger partial charge in [-0.1, -0.05) is 40.2 Å². The van der Waals surface area contributed by atoms with Gasteiger partial charge in [-0.3, -0.25) is 0 Å². The Morgan fingerprint density at radius 2 is 1.83 bits per heavy atom. The van der Waals surface area contributed by atoms with Gasteiger partial charge in [-0.05, 0) is 58.8 Å². The van der Waals surface area contributed by atoms with Gasteiger partial charge in [0.1, 0.15) is 0 Å². The van der Waals surface area contributed by atoms with Gasteiger partial charge < -0.3 is 0 Å². The Labute approximate surface area is 117 Å². The Hall–Kier alpha value is -0.430. The van der Waals surface area contributed by atoms with Gasteiger partial charge in [-0.25, -0.2) is 0 Å². The summed E-state index contributed by atoms with van der Waals surface area (Å²) in [6.07, 6.45) is 4.22. The number of fused-ring (bicyclic) bond motifs is 3. The molecule has 0 radical (unpaired) electrons. The van der Waals surface area contributed by atoms with Crippen molar-refractivity contribution in [1.29, 1.82) is 0 Å². The third kappa shape index (κ3) is 1.66.